The van der Waals surface area contributed by atoms with Crippen LogP contribution in [0.15, 0.2) is 94.5 Å². The monoisotopic (exact) mass is 722 g/mol. The van der Waals surface area contributed by atoms with Gasteiger partial charge in [-0.1, -0.05) is 47.9 Å². The van der Waals surface area contributed by atoms with Crippen molar-refractivity contribution in [2.45, 2.75) is 77.0 Å². The van der Waals surface area contributed by atoms with Gasteiger partial charge in [0.1, 0.15) is 13.1 Å². The van der Waals surface area contributed by atoms with Crippen molar-refractivity contribution < 1.29 is 29.0 Å². The van der Waals surface area contributed by atoms with Crippen molar-refractivity contribution in [2.75, 3.05) is 13.1 Å². The lowest BCUT2D eigenvalue weighted by atomic mass is 9.66. The van der Waals surface area contributed by atoms with Crippen LogP contribution in [0.25, 0.3) is 20.5 Å². The van der Waals surface area contributed by atoms with E-state index in [-0.39, 0.29) is 45.1 Å². The minimum atomic E-state index is -0.220. The first-order valence-corrected chi connectivity index (χ1v) is 20.2. The highest BCUT2D eigenvalue weighted by atomic mass is 32.1. The van der Waals surface area contributed by atoms with Gasteiger partial charge in [-0.3, -0.25) is 9.59 Å². The van der Waals surface area contributed by atoms with Crippen LogP contribution < -0.4 is 10.2 Å². The van der Waals surface area contributed by atoms with Crippen LogP contribution in [-0.2, 0) is 20.4 Å². The smallest absolute Gasteiger partial charge is 0.209 e. The van der Waals surface area contributed by atoms with Gasteiger partial charge in [-0.2, -0.15) is 9.15 Å². The number of ketones is 2. The summed E-state index contributed by atoms with van der Waals surface area (Å²) in [5.74, 6) is -0.667. The Labute approximate surface area is 310 Å². The highest BCUT2D eigenvalue weighted by Gasteiger charge is 2.54. The number of nitrogens with zero attached hydrogens (tertiary/aromatic N) is 2. The van der Waals surface area contributed by atoms with Gasteiger partial charge in [0.05, 0.1) is 10.8 Å². The molecule has 52 heavy (non-hydrogen) atoms. The number of rotatable bonds is 4. The number of thiophene rings is 2. The van der Waals surface area contributed by atoms with Crippen molar-refractivity contribution in [3.05, 3.63) is 115 Å². The zero-order valence-electron chi connectivity index (χ0n) is 29.8. The standard InChI is InChI=1S/C44H38N2O4S2/c1-5-45-27-17-9-7-15-25(27)43(3)19-11-13-23(41(43)45)33-37(47)35(38(33)48)31-21-29-30(51-31)22-32(52-29)36-39(49)34(40(36)50)24-14-12-20-44(4)26-16-8-10-18-28(26)46(6-2)42(24)44/h7-10,15-18,21-22H,5-6,11-14,19-20H2,1-4H3. The van der Waals surface area contributed by atoms with Crippen LogP contribution in [0.4, 0.5) is 11.4 Å². The summed E-state index contributed by atoms with van der Waals surface area (Å²) in [6, 6.07) is 20.7. The summed E-state index contributed by atoms with van der Waals surface area (Å²) in [5.41, 5.74) is 9.73. The molecule has 10 rings (SSSR count). The Hall–Kier alpha value is -4.66. The molecule has 0 N–H and O–H groups in total. The van der Waals surface area contributed by atoms with E-state index in [1.165, 1.54) is 45.2 Å². The minimum absolute atomic E-state index is 0.167. The van der Waals surface area contributed by atoms with Gasteiger partial charge in [-0.05, 0) is 78.4 Å². The molecule has 2 atom stereocenters. The molecule has 2 saturated carbocycles. The molecule has 2 aromatic carbocycles. The Balaban J connectivity index is 1.00. The third kappa shape index (κ3) is 3.89. The van der Waals surface area contributed by atoms with Crippen LogP contribution in [0.5, 0.6) is 0 Å². The summed E-state index contributed by atoms with van der Waals surface area (Å²) < 4.78 is 6.37. The second-order valence-electron chi connectivity index (χ2n) is 15.3. The summed E-state index contributed by atoms with van der Waals surface area (Å²) in [4.78, 5) is 29.1. The average Bonchev–Trinajstić information content (AvgIpc) is 3.84. The largest absolute Gasteiger partial charge is 0.871 e. The summed E-state index contributed by atoms with van der Waals surface area (Å²) >= 11 is 2.79. The number of Topliss-reactive ketones (excluding diaryl/α,β-unsaturated/α-hetero) is 2. The van der Waals surface area contributed by atoms with E-state index in [1.807, 2.05) is 12.1 Å². The van der Waals surface area contributed by atoms with Crippen molar-refractivity contribution >= 4 is 77.6 Å². The molecule has 0 spiro atoms. The fourth-order valence-corrected chi connectivity index (χ4v) is 12.9. The molecule has 4 heterocycles. The van der Waals surface area contributed by atoms with E-state index < -0.39 is 0 Å². The van der Waals surface area contributed by atoms with Gasteiger partial charge < -0.3 is 10.2 Å². The second-order valence-corrected chi connectivity index (χ2v) is 17.5. The van der Waals surface area contributed by atoms with Gasteiger partial charge in [-0.15, -0.1) is 22.7 Å². The topological polar surface area (TPSA) is 86.3 Å². The van der Waals surface area contributed by atoms with E-state index in [9.17, 15) is 19.8 Å². The molecular weight excluding hydrogens is 685 g/mol. The number of allylic oxidation sites excluding steroid dienone is 6. The van der Waals surface area contributed by atoms with Crippen LogP contribution in [0.2, 0.25) is 0 Å². The lowest BCUT2D eigenvalue weighted by Crippen LogP contribution is -2.41. The molecule has 4 aromatic rings. The van der Waals surface area contributed by atoms with Crippen molar-refractivity contribution in [3.8, 4) is 0 Å². The third-order valence-electron chi connectivity index (χ3n) is 12.7. The zero-order chi connectivity index (χ0) is 35.8. The number of carbonyl (C=O) groups excluding carboxylic acids is 2. The number of hydrogen-bond donors (Lipinski definition) is 0. The highest BCUT2D eigenvalue weighted by Crippen LogP contribution is 2.54. The van der Waals surface area contributed by atoms with Crippen molar-refractivity contribution in [3.63, 3.8) is 0 Å². The first-order valence-electron chi connectivity index (χ1n) is 18.5. The van der Waals surface area contributed by atoms with Crippen LogP contribution in [0, 0.1) is 0 Å². The molecule has 4 aliphatic carbocycles. The lowest BCUT2D eigenvalue weighted by Gasteiger charge is -2.36. The maximum Gasteiger partial charge on any atom is 0.209 e. The van der Waals surface area contributed by atoms with Crippen LogP contribution in [0.3, 0.4) is 0 Å². The van der Waals surface area contributed by atoms with E-state index in [4.69, 9.17) is 0 Å². The molecule has 0 radical (unpaired) electrons. The molecule has 2 aromatic heterocycles. The van der Waals surface area contributed by atoms with E-state index in [0.717, 1.165) is 83.6 Å². The van der Waals surface area contributed by atoms with Gasteiger partial charge >= 0.3 is 0 Å². The SMILES string of the molecule is CC[N+]1=C2/C(=C3\C(=O)C(c4cc5sc(C6=C([O-])/C(=C7\CCCC8(C)C7=[N+](CC)c7ccccc78)C6=O)cc5s4)=C3[O-])CCCC2(C)c2ccccc21. The predicted molar refractivity (Wildman–Crippen MR) is 204 cm³/mol. The predicted octanol–water partition coefficient (Wildman–Crippen LogP) is 7.38. The van der Waals surface area contributed by atoms with Crippen molar-refractivity contribution in [1.29, 1.82) is 0 Å². The molecule has 0 bridgehead atoms. The zero-order valence-corrected chi connectivity index (χ0v) is 31.4. The molecule has 2 unspecified atom stereocenters. The number of hydrogen-bond acceptors (Lipinski definition) is 6. The summed E-state index contributed by atoms with van der Waals surface area (Å²) in [5, 5.41) is 27.8. The number of fused-ring (bicyclic) bond motifs is 7. The average molecular weight is 723 g/mol. The first kappa shape index (κ1) is 32.0. The van der Waals surface area contributed by atoms with Gasteiger partial charge in [0.25, 0.3) is 0 Å². The van der Waals surface area contributed by atoms with Crippen LogP contribution in [-0.4, -0.2) is 45.2 Å². The van der Waals surface area contributed by atoms with Gasteiger partial charge in [0, 0.05) is 75.9 Å². The summed E-state index contributed by atoms with van der Waals surface area (Å²) in [6.07, 6.45) is 5.27. The van der Waals surface area contributed by atoms with Gasteiger partial charge in [-0.25, -0.2) is 0 Å². The van der Waals surface area contributed by atoms with Crippen molar-refractivity contribution in [2.24, 2.45) is 0 Å². The molecule has 8 heteroatoms. The Bertz CT molecular complexity index is 2380. The fourth-order valence-electron chi connectivity index (χ4n) is 10.4. The highest BCUT2D eigenvalue weighted by molar-refractivity contribution is 7.29. The van der Waals surface area contributed by atoms with Crippen LogP contribution >= 0.6 is 22.7 Å². The maximum atomic E-state index is 13.9. The van der Waals surface area contributed by atoms with Gasteiger partial charge in [0.2, 0.25) is 11.4 Å². The molecule has 2 fully saturated rings. The first-order chi connectivity index (χ1) is 25.1. The second kappa shape index (κ2) is 10.9. The number of carbonyl (C=O) groups is 2. The Morgan fingerprint density at radius 2 is 1.04 bits per heavy atom. The Morgan fingerprint density at radius 1 is 0.635 bits per heavy atom. The quantitative estimate of drug-likeness (QED) is 0.163. The van der Waals surface area contributed by atoms with E-state index in [2.05, 4.69) is 85.4 Å². The normalized spacial score (nSPS) is 28.1. The van der Waals surface area contributed by atoms with E-state index in [0.29, 0.717) is 20.9 Å². The maximum absolute atomic E-state index is 13.9. The van der Waals surface area contributed by atoms with E-state index in [1.54, 1.807) is 0 Å². The summed E-state index contributed by atoms with van der Waals surface area (Å²) in [6.45, 7) is 10.3. The molecule has 2 aliphatic heterocycles. The molecule has 0 amide bonds. The minimum Gasteiger partial charge on any atom is -0.871 e. The molecular formula is C44H38N2O4S2. The van der Waals surface area contributed by atoms with E-state index >= 15 is 0 Å². The Kier molecular flexibility index (Phi) is 6.73. The molecule has 0 saturated heterocycles. The Morgan fingerprint density at radius 3 is 1.42 bits per heavy atom. The van der Waals surface area contributed by atoms with Gasteiger partial charge in [0.15, 0.2) is 23.0 Å². The fraction of sp³-hybridized carbons (Fsp3) is 0.318. The number of para-hydroxylation sites is 2. The lowest BCUT2D eigenvalue weighted by molar-refractivity contribution is -0.434. The molecule has 260 valence electrons. The van der Waals surface area contributed by atoms with Crippen LogP contribution in [0.1, 0.15) is 87.1 Å². The third-order valence-corrected chi connectivity index (χ3v) is 15.0. The molecule has 6 aliphatic rings. The molecule has 6 nitrogen and oxygen atoms in total. The summed E-state index contributed by atoms with van der Waals surface area (Å²) in [7, 11) is 0. The number of benzene rings is 2. The van der Waals surface area contributed by atoms with Crippen molar-refractivity contribution in [1.82, 2.24) is 0 Å².